The maximum absolute atomic E-state index is 11.0. The Morgan fingerprint density at radius 1 is 1.19 bits per heavy atom. The van der Waals surface area contributed by atoms with Crippen LogP contribution in [0.15, 0.2) is 42.5 Å². The second-order valence-electron chi connectivity index (χ2n) is 9.00. The number of carbonyl (C=O) groups is 1. The standard InChI is InChI=1S/C25H37NO5/c1-18-15-26(16-19(2)31-18)25-21(12-8-3-4-9-13-24(28)29)23(14-22(25)27)30-17-20-10-6-5-7-11-20/h3,5-8,10-11,18-19,21-23,25,27H,4,9,12-17H2,1-2H3,(H,28,29)/t18-,19-,21+,22-,23+,25-/m0/s1. The van der Waals surface area contributed by atoms with Crippen molar-refractivity contribution in [1.29, 1.82) is 0 Å². The lowest BCUT2D eigenvalue weighted by Gasteiger charge is -2.42. The van der Waals surface area contributed by atoms with Gasteiger partial charge in [-0.15, -0.1) is 0 Å². The molecule has 0 aromatic heterocycles. The van der Waals surface area contributed by atoms with Gasteiger partial charge in [-0.05, 0) is 38.7 Å². The van der Waals surface area contributed by atoms with Crippen molar-refractivity contribution < 1.29 is 24.5 Å². The van der Waals surface area contributed by atoms with Crippen molar-refractivity contribution in [3.63, 3.8) is 0 Å². The number of unbranched alkanes of at least 4 members (excludes halogenated alkanes) is 1. The minimum absolute atomic E-state index is 0.0164. The van der Waals surface area contributed by atoms with Gasteiger partial charge in [0.25, 0.3) is 0 Å². The molecule has 1 aliphatic carbocycles. The summed E-state index contributed by atoms with van der Waals surface area (Å²) in [5, 5.41) is 19.8. The molecule has 1 saturated carbocycles. The van der Waals surface area contributed by atoms with Gasteiger partial charge in [0.05, 0.1) is 31.0 Å². The Morgan fingerprint density at radius 2 is 1.90 bits per heavy atom. The van der Waals surface area contributed by atoms with Crippen LogP contribution in [-0.2, 0) is 20.9 Å². The predicted molar refractivity (Wildman–Crippen MR) is 120 cm³/mol. The third kappa shape index (κ3) is 7.14. The van der Waals surface area contributed by atoms with Crippen molar-refractivity contribution in [2.75, 3.05) is 13.1 Å². The van der Waals surface area contributed by atoms with E-state index >= 15 is 0 Å². The van der Waals surface area contributed by atoms with E-state index in [1.165, 1.54) is 0 Å². The van der Waals surface area contributed by atoms with Gasteiger partial charge in [0.2, 0.25) is 0 Å². The van der Waals surface area contributed by atoms with Gasteiger partial charge in [0.1, 0.15) is 0 Å². The van der Waals surface area contributed by atoms with Crippen LogP contribution in [0.1, 0.15) is 51.5 Å². The predicted octanol–water partition coefficient (Wildman–Crippen LogP) is 3.63. The summed E-state index contributed by atoms with van der Waals surface area (Å²) >= 11 is 0. The average Bonchev–Trinajstić information content (AvgIpc) is 3.04. The Kier molecular flexibility index (Phi) is 9.08. The van der Waals surface area contributed by atoms with Gasteiger partial charge in [-0.2, -0.15) is 0 Å². The summed E-state index contributed by atoms with van der Waals surface area (Å²) in [7, 11) is 0. The zero-order chi connectivity index (χ0) is 22.2. The molecule has 2 fully saturated rings. The zero-order valence-corrected chi connectivity index (χ0v) is 18.7. The van der Waals surface area contributed by atoms with E-state index in [0.29, 0.717) is 19.4 Å². The normalized spacial score (nSPS) is 32.0. The minimum atomic E-state index is -0.752. The molecule has 1 aromatic carbocycles. The Morgan fingerprint density at radius 3 is 2.58 bits per heavy atom. The van der Waals surface area contributed by atoms with E-state index in [1.807, 2.05) is 18.2 Å². The maximum Gasteiger partial charge on any atom is 0.303 e. The van der Waals surface area contributed by atoms with E-state index in [9.17, 15) is 9.90 Å². The summed E-state index contributed by atoms with van der Waals surface area (Å²) in [5.74, 6) is -0.566. The monoisotopic (exact) mass is 431 g/mol. The number of nitrogens with zero attached hydrogens (tertiary/aromatic N) is 1. The van der Waals surface area contributed by atoms with Crippen LogP contribution >= 0.6 is 0 Å². The Hall–Kier alpha value is -1.73. The van der Waals surface area contributed by atoms with E-state index in [-0.39, 0.29) is 36.7 Å². The summed E-state index contributed by atoms with van der Waals surface area (Å²) in [6, 6.07) is 10.2. The van der Waals surface area contributed by atoms with Crippen LogP contribution in [0.2, 0.25) is 0 Å². The van der Waals surface area contributed by atoms with Crippen molar-refractivity contribution >= 4 is 5.97 Å². The number of morpholine rings is 1. The van der Waals surface area contributed by atoms with Crippen molar-refractivity contribution in [3.05, 3.63) is 48.0 Å². The van der Waals surface area contributed by atoms with Crippen LogP contribution in [0.3, 0.4) is 0 Å². The van der Waals surface area contributed by atoms with Gasteiger partial charge in [0, 0.05) is 37.9 Å². The molecule has 3 rings (SSSR count). The van der Waals surface area contributed by atoms with Crippen LogP contribution in [0, 0.1) is 5.92 Å². The van der Waals surface area contributed by atoms with Gasteiger partial charge in [0.15, 0.2) is 0 Å². The number of ether oxygens (including phenoxy) is 2. The number of benzene rings is 1. The van der Waals surface area contributed by atoms with Crippen LogP contribution in [-0.4, -0.2) is 64.6 Å². The highest BCUT2D eigenvalue weighted by Crippen LogP contribution is 2.37. The van der Waals surface area contributed by atoms with Crippen molar-refractivity contribution in [2.45, 2.75) is 83.0 Å². The SMILES string of the molecule is C[C@H]1CN([C@H]2[C@H](CC=CCCCC(=O)O)[C@H](OCc3ccccc3)C[C@@H]2O)C[C@H](C)O1. The molecule has 6 atom stereocenters. The van der Waals surface area contributed by atoms with E-state index in [4.69, 9.17) is 14.6 Å². The molecule has 2 N–H and O–H groups in total. The molecule has 172 valence electrons. The number of aliphatic hydroxyl groups excluding tert-OH is 1. The molecule has 0 unspecified atom stereocenters. The largest absolute Gasteiger partial charge is 0.481 e. The highest BCUT2D eigenvalue weighted by Gasteiger charge is 2.46. The highest BCUT2D eigenvalue weighted by molar-refractivity contribution is 5.66. The third-order valence-electron chi connectivity index (χ3n) is 6.30. The first-order valence-electron chi connectivity index (χ1n) is 11.5. The zero-order valence-electron chi connectivity index (χ0n) is 18.7. The van der Waals surface area contributed by atoms with Gasteiger partial charge >= 0.3 is 5.97 Å². The van der Waals surface area contributed by atoms with E-state index < -0.39 is 12.1 Å². The number of allylic oxidation sites excluding steroid dienone is 2. The van der Waals surface area contributed by atoms with E-state index in [1.54, 1.807) is 0 Å². The quantitative estimate of drug-likeness (QED) is 0.435. The fourth-order valence-electron chi connectivity index (χ4n) is 5.04. The molecule has 1 aromatic rings. The van der Waals surface area contributed by atoms with Gasteiger partial charge in [-0.3, -0.25) is 9.69 Å². The van der Waals surface area contributed by atoms with Crippen LogP contribution in [0.5, 0.6) is 0 Å². The minimum Gasteiger partial charge on any atom is -0.481 e. The number of aliphatic hydroxyl groups is 1. The number of carboxylic acid groups (broad SMARTS) is 1. The first kappa shape index (κ1) is 23.9. The first-order chi connectivity index (χ1) is 14.9. The molecular weight excluding hydrogens is 394 g/mol. The molecule has 1 saturated heterocycles. The number of rotatable bonds is 10. The van der Waals surface area contributed by atoms with E-state index in [2.05, 4.69) is 43.0 Å². The number of carboxylic acids is 1. The lowest BCUT2D eigenvalue weighted by molar-refractivity contribution is -0.137. The number of hydrogen-bond acceptors (Lipinski definition) is 5. The first-order valence-corrected chi connectivity index (χ1v) is 11.5. The summed E-state index contributed by atoms with van der Waals surface area (Å²) in [4.78, 5) is 13.1. The second kappa shape index (κ2) is 11.8. The molecule has 2 aliphatic rings. The fourth-order valence-corrected chi connectivity index (χ4v) is 5.04. The lowest BCUT2D eigenvalue weighted by atomic mass is 9.94. The summed E-state index contributed by atoms with van der Waals surface area (Å²) in [6.45, 7) is 6.35. The van der Waals surface area contributed by atoms with Crippen molar-refractivity contribution in [3.8, 4) is 0 Å². The van der Waals surface area contributed by atoms with Crippen LogP contribution < -0.4 is 0 Å². The molecular formula is C25H37NO5. The topological polar surface area (TPSA) is 79.2 Å². The van der Waals surface area contributed by atoms with Crippen LogP contribution in [0.4, 0.5) is 0 Å². The van der Waals surface area contributed by atoms with Gasteiger partial charge in [-0.1, -0.05) is 42.5 Å². The molecule has 31 heavy (non-hydrogen) atoms. The summed E-state index contributed by atoms with van der Waals surface area (Å²) in [6.07, 6.45) is 7.11. The fraction of sp³-hybridized carbons (Fsp3) is 0.640. The Balaban J connectivity index is 1.66. The molecule has 0 radical (unpaired) electrons. The Labute approximate surface area is 185 Å². The molecule has 6 heteroatoms. The number of hydrogen-bond donors (Lipinski definition) is 2. The molecule has 1 heterocycles. The molecule has 0 spiro atoms. The van der Waals surface area contributed by atoms with Gasteiger partial charge in [-0.25, -0.2) is 0 Å². The van der Waals surface area contributed by atoms with Crippen molar-refractivity contribution in [1.82, 2.24) is 4.90 Å². The average molecular weight is 432 g/mol. The molecule has 1 aliphatic heterocycles. The summed E-state index contributed by atoms with van der Waals surface area (Å²) < 4.78 is 12.2. The number of aliphatic carboxylic acids is 1. The van der Waals surface area contributed by atoms with Crippen molar-refractivity contribution in [2.24, 2.45) is 5.92 Å². The van der Waals surface area contributed by atoms with Gasteiger partial charge < -0.3 is 19.7 Å². The third-order valence-corrected chi connectivity index (χ3v) is 6.30. The second-order valence-corrected chi connectivity index (χ2v) is 9.00. The summed E-state index contributed by atoms with van der Waals surface area (Å²) in [5.41, 5.74) is 1.14. The smallest absolute Gasteiger partial charge is 0.303 e. The molecule has 0 amide bonds. The van der Waals surface area contributed by atoms with E-state index in [0.717, 1.165) is 31.5 Å². The molecule has 6 nitrogen and oxygen atoms in total. The van der Waals surface area contributed by atoms with Crippen LogP contribution in [0.25, 0.3) is 0 Å². The Bertz CT molecular complexity index is 699. The lowest BCUT2D eigenvalue weighted by Crippen LogP contribution is -2.54. The maximum atomic E-state index is 11.0. The highest BCUT2D eigenvalue weighted by atomic mass is 16.5. The molecule has 0 bridgehead atoms.